The van der Waals surface area contributed by atoms with Crippen LogP contribution in [0.25, 0.3) is 0 Å². The smallest absolute Gasteiger partial charge is 0.228 e. The number of rotatable bonds is 2. The molecule has 1 unspecified atom stereocenters. The molecular weight excluding hydrogens is 212 g/mol. The van der Waals surface area contributed by atoms with Gasteiger partial charge in [-0.25, -0.2) is 0 Å². The maximum absolute atomic E-state index is 12.0. The minimum Gasteiger partial charge on any atom is -0.385 e. The summed E-state index contributed by atoms with van der Waals surface area (Å²) in [5.74, 6) is 5.63. The molecule has 0 radical (unpaired) electrons. The van der Waals surface area contributed by atoms with E-state index in [1.807, 2.05) is 24.3 Å². The van der Waals surface area contributed by atoms with Crippen LogP contribution in [0.3, 0.4) is 0 Å². The van der Waals surface area contributed by atoms with Crippen LogP contribution in [0.1, 0.15) is 24.8 Å². The molecule has 3 heteroatoms. The molecule has 88 valence electrons. The van der Waals surface area contributed by atoms with Crippen LogP contribution in [-0.4, -0.2) is 19.0 Å². The van der Waals surface area contributed by atoms with Gasteiger partial charge >= 0.3 is 0 Å². The van der Waals surface area contributed by atoms with E-state index in [0.717, 1.165) is 24.2 Å². The lowest BCUT2D eigenvalue weighted by atomic mass is 9.90. The van der Waals surface area contributed by atoms with Gasteiger partial charge in [0.15, 0.2) is 0 Å². The van der Waals surface area contributed by atoms with Gasteiger partial charge in [-0.05, 0) is 25.0 Å². The Labute approximate surface area is 102 Å². The van der Waals surface area contributed by atoms with Crippen molar-refractivity contribution in [1.82, 2.24) is 5.32 Å². The summed E-state index contributed by atoms with van der Waals surface area (Å²) in [6.45, 7) is 3.04. The molecular formula is C14H16N2O. The zero-order valence-electron chi connectivity index (χ0n) is 9.92. The third-order valence-electron chi connectivity index (χ3n) is 2.93. The predicted molar refractivity (Wildman–Crippen MR) is 68.7 cm³/mol. The van der Waals surface area contributed by atoms with E-state index in [1.54, 1.807) is 6.92 Å². The van der Waals surface area contributed by atoms with Crippen LogP contribution in [0.4, 0.5) is 5.69 Å². The zero-order chi connectivity index (χ0) is 12.1. The molecule has 1 amide bonds. The number of para-hydroxylation sites is 1. The van der Waals surface area contributed by atoms with Gasteiger partial charge in [0.1, 0.15) is 0 Å². The second-order valence-electron chi connectivity index (χ2n) is 4.00. The molecule has 2 N–H and O–H groups in total. The quantitative estimate of drug-likeness (QED) is 0.757. The van der Waals surface area contributed by atoms with Crippen LogP contribution in [0.15, 0.2) is 24.3 Å². The van der Waals surface area contributed by atoms with Gasteiger partial charge in [0, 0.05) is 12.2 Å². The molecule has 0 fully saturated rings. The lowest BCUT2D eigenvalue weighted by molar-refractivity contribution is -0.122. The van der Waals surface area contributed by atoms with Gasteiger partial charge in [0.25, 0.3) is 0 Å². The van der Waals surface area contributed by atoms with Crippen molar-refractivity contribution < 1.29 is 4.79 Å². The van der Waals surface area contributed by atoms with Crippen LogP contribution in [0.5, 0.6) is 0 Å². The van der Waals surface area contributed by atoms with Gasteiger partial charge in [-0.15, -0.1) is 5.92 Å². The van der Waals surface area contributed by atoms with Gasteiger partial charge in [-0.2, -0.15) is 0 Å². The number of fused-ring (bicyclic) bond motifs is 1. The van der Waals surface area contributed by atoms with Crippen molar-refractivity contribution in [3.8, 4) is 11.8 Å². The van der Waals surface area contributed by atoms with Crippen molar-refractivity contribution >= 4 is 11.6 Å². The Balaban J connectivity index is 2.11. The first-order valence-electron chi connectivity index (χ1n) is 5.83. The minimum absolute atomic E-state index is 0.0499. The number of hydrogen-bond donors (Lipinski definition) is 2. The van der Waals surface area contributed by atoms with Crippen LogP contribution in [0.2, 0.25) is 0 Å². The molecule has 0 aliphatic carbocycles. The van der Waals surface area contributed by atoms with E-state index in [2.05, 4.69) is 22.5 Å². The zero-order valence-corrected chi connectivity index (χ0v) is 9.92. The Bertz CT molecular complexity index is 471. The summed E-state index contributed by atoms with van der Waals surface area (Å²) >= 11 is 0. The first-order chi connectivity index (χ1) is 8.33. The number of benzene rings is 1. The summed E-state index contributed by atoms with van der Waals surface area (Å²) in [5.41, 5.74) is 2.15. The lowest BCUT2D eigenvalue weighted by Gasteiger charge is -2.25. The van der Waals surface area contributed by atoms with E-state index >= 15 is 0 Å². The topological polar surface area (TPSA) is 41.1 Å². The molecule has 1 aromatic rings. The number of hydrogen-bond acceptors (Lipinski definition) is 2. The van der Waals surface area contributed by atoms with E-state index < -0.39 is 0 Å². The number of amides is 1. The monoisotopic (exact) mass is 228 g/mol. The van der Waals surface area contributed by atoms with Crippen LogP contribution in [-0.2, 0) is 4.79 Å². The Morgan fingerprint density at radius 2 is 2.35 bits per heavy atom. The van der Waals surface area contributed by atoms with E-state index in [1.165, 1.54) is 0 Å². The highest BCUT2D eigenvalue weighted by Crippen LogP contribution is 2.31. The number of carbonyl (C=O) groups excluding carboxylic acids is 1. The number of carbonyl (C=O) groups is 1. The summed E-state index contributed by atoms with van der Waals surface area (Å²) in [6, 6.07) is 7.98. The molecule has 3 nitrogen and oxygen atoms in total. The largest absolute Gasteiger partial charge is 0.385 e. The summed E-state index contributed by atoms with van der Waals surface area (Å²) in [6.07, 6.45) is 0.836. The van der Waals surface area contributed by atoms with Gasteiger partial charge in [0.2, 0.25) is 5.91 Å². The van der Waals surface area contributed by atoms with Crippen molar-refractivity contribution in [2.45, 2.75) is 19.3 Å². The Morgan fingerprint density at radius 1 is 1.53 bits per heavy atom. The maximum Gasteiger partial charge on any atom is 0.228 e. The maximum atomic E-state index is 12.0. The van der Waals surface area contributed by atoms with Crippen molar-refractivity contribution in [2.24, 2.45) is 0 Å². The number of nitrogens with one attached hydrogen (secondary N) is 2. The molecule has 0 saturated heterocycles. The van der Waals surface area contributed by atoms with E-state index in [9.17, 15) is 4.79 Å². The molecule has 0 aromatic heterocycles. The van der Waals surface area contributed by atoms with Crippen molar-refractivity contribution in [2.75, 3.05) is 18.4 Å². The second kappa shape index (κ2) is 5.40. The molecule has 0 saturated carbocycles. The molecule has 0 spiro atoms. The molecule has 1 heterocycles. The molecule has 0 bridgehead atoms. The molecule has 1 aromatic carbocycles. The first-order valence-corrected chi connectivity index (χ1v) is 5.83. The van der Waals surface area contributed by atoms with E-state index in [0.29, 0.717) is 6.54 Å². The molecule has 17 heavy (non-hydrogen) atoms. The summed E-state index contributed by atoms with van der Waals surface area (Å²) in [7, 11) is 0. The summed E-state index contributed by atoms with van der Waals surface area (Å²) in [4.78, 5) is 12.0. The fourth-order valence-electron chi connectivity index (χ4n) is 2.08. The summed E-state index contributed by atoms with van der Waals surface area (Å²) in [5, 5.41) is 6.16. The van der Waals surface area contributed by atoms with Crippen molar-refractivity contribution in [3.05, 3.63) is 29.8 Å². The number of anilines is 1. The third-order valence-corrected chi connectivity index (χ3v) is 2.93. The Kier molecular flexibility index (Phi) is 3.66. The van der Waals surface area contributed by atoms with E-state index in [4.69, 9.17) is 0 Å². The molecule has 1 atom stereocenters. The van der Waals surface area contributed by atoms with Crippen LogP contribution >= 0.6 is 0 Å². The molecule has 1 aliphatic rings. The standard InChI is InChI=1S/C14H16N2O/c1-2-3-9-16-14(17)12-8-10-15-13-7-5-4-6-11(12)13/h4-7,12,15H,8-10H2,1H3,(H,16,17). The Hall–Kier alpha value is -1.95. The van der Waals surface area contributed by atoms with Crippen LogP contribution < -0.4 is 10.6 Å². The van der Waals surface area contributed by atoms with Gasteiger partial charge in [-0.1, -0.05) is 24.1 Å². The lowest BCUT2D eigenvalue weighted by Crippen LogP contribution is -2.33. The second-order valence-corrected chi connectivity index (χ2v) is 4.00. The summed E-state index contributed by atoms with van der Waals surface area (Å²) < 4.78 is 0. The normalized spacial score (nSPS) is 17.1. The predicted octanol–water partition coefficient (Wildman–Crippen LogP) is 1.73. The molecule has 1 aliphatic heterocycles. The van der Waals surface area contributed by atoms with Gasteiger partial charge in [0.05, 0.1) is 12.5 Å². The van der Waals surface area contributed by atoms with Crippen LogP contribution in [0, 0.1) is 11.8 Å². The highest BCUT2D eigenvalue weighted by atomic mass is 16.1. The minimum atomic E-state index is -0.0499. The highest BCUT2D eigenvalue weighted by Gasteiger charge is 2.25. The fraction of sp³-hybridized carbons (Fsp3) is 0.357. The first kappa shape index (κ1) is 11.5. The van der Waals surface area contributed by atoms with E-state index in [-0.39, 0.29) is 11.8 Å². The van der Waals surface area contributed by atoms with Crippen molar-refractivity contribution in [1.29, 1.82) is 0 Å². The SMILES string of the molecule is CC#CCNC(=O)C1CCNc2ccccc21. The van der Waals surface area contributed by atoms with Crippen molar-refractivity contribution in [3.63, 3.8) is 0 Å². The average Bonchev–Trinajstić information content (AvgIpc) is 2.38. The molecule has 2 rings (SSSR count). The highest BCUT2D eigenvalue weighted by molar-refractivity contribution is 5.86. The average molecular weight is 228 g/mol. The van der Waals surface area contributed by atoms with Gasteiger partial charge in [-0.3, -0.25) is 4.79 Å². The van der Waals surface area contributed by atoms with Gasteiger partial charge < -0.3 is 10.6 Å². The Morgan fingerprint density at radius 3 is 3.18 bits per heavy atom. The third kappa shape index (κ3) is 2.59. The fourth-order valence-corrected chi connectivity index (χ4v) is 2.08.